The van der Waals surface area contributed by atoms with Gasteiger partial charge in [-0.2, -0.15) is 0 Å². The molecule has 206 valence electrons. The number of fused-ring (bicyclic) bond motifs is 1. The van der Waals surface area contributed by atoms with E-state index in [0.29, 0.717) is 11.5 Å². The van der Waals surface area contributed by atoms with Gasteiger partial charge < -0.3 is 14.8 Å². The van der Waals surface area contributed by atoms with E-state index in [4.69, 9.17) is 9.47 Å². The highest BCUT2D eigenvalue weighted by atomic mass is 32.2. The minimum atomic E-state index is -0.750. The van der Waals surface area contributed by atoms with E-state index in [1.54, 1.807) is 12.1 Å². The Morgan fingerprint density at radius 1 is 0.925 bits per heavy atom. The summed E-state index contributed by atoms with van der Waals surface area (Å²) in [5.74, 6) is -0.185. The Hall–Kier alpha value is -4.04. The lowest BCUT2D eigenvalue weighted by atomic mass is 9.84. The highest BCUT2D eigenvalue weighted by Crippen LogP contribution is 2.46. The molecule has 5 rings (SSSR count). The van der Waals surface area contributed by atoms with Crippen LogP contribution in [0, 0.1) is 5.41 Å². The van der Waals surface area contributed by atoms with Gasteiger partial charge >= 0.3 is 5.97 Å². The normalized spacial score (nSPS) is 18.6. The van der Waals surface area contributed by atoms with Crippen LogP contribution in [-0.4, -0.2) is 46.5 Å². The highest BCUT2D eigenvalue weighted by molar-refractivity contribution is 8.00. The molecule has 40 heavy (non-hydrogen) atoms. The molecule has 0 unspecified atom stereocenters. The molecular formula is C32H32N2O5S. The van der Waals surface area contributed by atoms with Crippen LogP contribution in [-0.2, 0) is 19.1 Å². The molecule has 1 saturated heterocycles. The van der Waals surface area contributed by atoms with E-state index in [1.165, 1.54) is 16.7 Å². The van der Waals surface area contributed by atoms with Crippen LogP contribution in [0.5, 0.6) is 5.75 Å². The molecule has 3 aromatic rings. The SMILES string of the molecule is CC(C)(C)C1=C(C(=O)OC(c2ccccc2)c2ccccc2)N2C(=O)[C@@H](NC(=O)COc3ccccc3)[C@H]2SC1. The van der Waals surface area contributed by atoms with Crippen molar-refractivity contribution >= 4 is 29.5 Å². The first kappa shape index (κ1) is 27.5. The van der Waals surface area contributed by atoms with Crippen LogP contribution in [0.2, 0.25) is 0 Å². The predicted molar refractivity (Wildman–Crippen MR) is 154 cm³/mol. The van der Waals surface area contributed by atoms with Gasteiger partial charge in [-0.05, 0) is 34.2 Å². The summed E-state index contributed by atoms with van der Waals surface area (Å²) >= 11 is 1.53. The van der Waals surface area contributed by atoms with Crippen molar-refractivity contribution in [3.05, 3.63) is 113 Å². The molecule has 0 aromatic heterocycles. The fourth-order valence-electron chi connectivity index (χ4n) is 4.81. The number of nitrogens with one attached hydrogen (secondary N) is 1. The Morgan fingerprint density at radius 2 is 1.48 bits per heavy atom. The number of esters is 1. The molecule has 2 atom stereocenters. The van der Waals surface area contributed by atoms with Crippen LogP contribution in [0.15, 0.2) is 102 Å². The average molecular weight is 557 g/mol. The summed E-state index contributed by atoms with van der Waals surface area (Å²) < 4.78 is 11.7. The third-order valence-electron chi connectivity index (χ3n) is 6.93. The number of carbonyl (C=O) groups excluding carboxylic acids is 3. The largest absolute Gasteiger partial charge is 0.484 e. The van der Waals surface area contributed by atoms with Gasteiger partial charge in [0.05, 0.1) is 0 Å². The fraction of sp³-hybridized carbons (Fsp3) is 0.281. The summed E-state index contributed by atoms with van der Waals surface area (Å²) in [6.07, 6.45) is -0.640. The molecule has 0 spiro atoms. The molecule has 8 heteroatoms. The number of para-hydroxylation sites is 1. The van der Waals surface area contributed by atoms with Crippen molar-refractivity contribution in [2.24, 2.45) is 5.41 Å². The molecule has 2 amide bonds. The number of hydrogen-bond donors (Lipinski definition) is 1. The lowest BCUT2D eigenvalue weighted by Crippen LogP contribution is -2.71. The molecular weight excluding hydrogens is 524 g/mol. The molecule has 1 fully saturated rings. The maximum absolute atomic E-state index is 13.9. The predicted octanol–water partition coefficient (Wildman–Crippen LogP) is 5.10. The zero-order chi connectivity index (χ0) is 28.3. The van der Waals surface area contributed by atoms with Crippen molar-refractivity contribution in [1.29, 1.82) is 0 Å². The zero-order valence-corrected chi connectivity index (χ0v) is 23.5. The summed E-state index contributed by atoms with van der Waals surface area (Å²) in [6, 6.07) is 27.4. The van der Waals surface area contributed by atoms with Gasteiger partial charge in [-0.3, -0.25) is 14.5 Å². The van der Waals surface area contributed by atoms with E-state index in [1.807, 2.05) is 99.6 Å². The number of hydrogen-bond acceptors (Lipinski definition) is 6. The van der Waals surface area contributed by atoms with Crippen LogP contribution in [0.4, 0.5) is 0 Å². The highest BCUT2D eigenvalue weighted by Gasteiger charge is 2.55. The number of β-lactam (4-membered cyclic amide) rings is 1. The molecule has 0 saturated carbocycles. The number of carbonyl (C=O) groups is 3. The van der Waals surface area contributed by atoms with E-state index in [9.17, 15) is 14.4 Å². The fourth-order valence-corrected chi connectivity index (χ4v) is 6.45. The monoisotopic (exact) mass is 556 g/mol. The number of rotatable bonds is 8. The Morgan fingerprint density at radius 3 is 2.02 bits per heavy atom. The second kappa shape index (κ2) is 11.6. The number of ether oxygens (including phenoxy) is 2. The molecule has 2 aliphatic rings. The van der Waals surface area contributed by atoms with Crippen molar-refractivity contribution in [1.82, 2.24) is 10.2 Å². The van der Waals surface area contributed by atoms with E-state index >= 15 is 0 Å². The van der Waals surface area contributed by atoms with E-state index < -0.39 is 29.4 Å². The molecule has 1 N–H and O–H groups in total. The van der Waals surface area contributed by atoms with Gasteiger partial charge in [-0.1, -0.05) is 99.6 Å². The van der Waals surface area contributed by atoms with Gasteiger partial charge in [0.15, 0.2) is 12.7 Å². The maximum Gasteiger partial charge on any atom is 0.356 e. The van der Waals surface area contributed by atoms with Crippen molar-refractivity contribution in [3.8, 4) is 5.75 Å². The lowest BCUT2D eigenvalue weighted by molar-refractivity contribution is -0.155. The number of nitrogens with zero attached hydrogens (tertiary/aromatic N) is 1. The Bertz CT molecular complexity index is 1360. The first-order valence-electron chi connectivity index (χ1n) is 13.2. The van der Waals surface area contributed by atoms with Crippen LogP contribution in [0.1, 0.15) is 38.0 Å². The molecule has 2 aliphatic heterocycles. The van der Waals surface area contributed by atoms with E-state index in [2.05, 4.69) is 5.32 Å². The first-order valence-corrected chi connectivity index (χ1v) is 14.3. The topological polar surface area (TPSA) is 84.9 Å². The Labute approximate surface area is 238 Å². The summed E-state index contributed by atoms with van der Waals surface area (Å²) in [5.41, 5.74) is 2.40. The van der Waals surface area contributed by atoms with E-state index in [-0.39, 0.29) is 23.6 Å². The van der Waals surface area contributed by atoms with Crippen LogP contribution in [0.25, 0.3) is 0 Å². The van der Waals surface area contributed by atoms with Gasteiger partial charge in [0.1, 0.15) is 22.9 Å². The summed E-state index contributed by atoms with van der Waals surface area (Å²) in [6.45, 7) is 5.85. The first-order chi connectivity index (χ1) is 19.2. The Kier molecular flexibility index (Phi) is 7.98. The summed E-state index contributed by atoms with van der Waals surface area (Å²) in [5, 5.41) is 2.38. The minimum Gasteiger partial charge on any atom is -0.484 e. The van der Waals surface area contributed by atoms with Gasteiger partial charge in [-0.15, -0.1) is 11.8 Å². The molecule has 2 heterocycles. The van der Waals surface area contributed by atoms with Crippen LogP contribution < -0.4 is 10.1 Å². The van der Waals surface area contributed by atoms with E-state index in [0.717, 1.165) is 16.7 Å². The average Bonchev–Trinajstić information content (AvgIpc) is 2.97. The smallest absolute Gasteiger partial charge is 0.356 e. The molecule has 0 bridgehead atoms. The van der Waals surface area contributed by atoms with Gasteiger partial charge in [0.2, 0.25) is 0 Å². The van der Waals surface area contributed by atoms with Gasteiger partial charge in [-0.25, -0.2) is 4.79 Å². The maximum atomic E-state index is 13.9. The zero-order valence-electron chi connectivity index (χ0n) is 22.7. The third kappa shape index (κ3) is 5.77. The Balaban J connectivity index is 1.37. The summed E-state index contributed by atoms with van der Waals surface area (Å²) in [4.78, 5) is 41.5. The third-order valence-corrected chi connectivity index (χ3v) is 8.21. The van der Waals surface area contributed by atoms with Crippen molar-refractivity contribution in [3.63, 3.8) is 0 Å². The molecule has 3 aromatic carbocycles. The van der Waals surface area contributed by atoms with Crippen molar-refractivity contribution in [2.45, 2.75) is 38.3 Å². The van der Waals surface area contributed by atoms with Crippen LogP contribution >= 0.6 is 11.8 Å². The molecule has 7 nitrogen and oxygen atoms in total. The quantitative estimate of drug-likeness (QED) is 0.307. The van der Waals surface area contributed by atoms with Gasteiger partial charge in [0, 0.05) is 5.75 Å². The van der Waals surface area contributed by atoms with Crippen LogP contribution in [0.3, 0.4) is 0 Å². The second-order valence-corrected chi connectivity index (χ2v) is 11.8. The van der Waals surface area contributed by atoms with Crippen molar-refractivity contribution < 1.29 is 23.9 Å². The number of thioether (sulfide) groups is 1. The summed E-state index contributed by atoms with van der Waals surface area (Å²) in [7, 11) is 0. The molecule has 0 radical (unpaired) electrons. The van der Waals surface area contributed by atoms with Crippen molar-refractivity contribution in [2.75, 3.05) is 12.4 Å². The number of amides is 2. The standard InChI is InChI=1S/C32H32N2O5S/c1-32(2,3)24-20-40-30-26(33-25(35)19-38-23-17-11-6-12-18-23)29(36)34(30)27(24)31(37)39-28(21-13-7-4-8-14-21)22-15-9-5-10-16-22/h4-18,26,28,30H,19-20H2,1-3H3,(H,33,35)/t26-,30-/m1/s1. The second-order valence-electron chi connectivity index (χ2n) is 10.7. The van der Waals surface area contributed by atoms with Gasteiger partial charge in [0.25, 0.3) is 11.8 Å². The lowest BCUT2D eigenvalue weighted by Gasteiger charge is -2.51. The molecule has 0 aliphatic carbocycles. The number of benzene rings is 3. The minimum absolute atomic E-state index is 0.209.